The standard InChI is InChI=1S/C12H18BrN3O/c1-2-5-9-6-3-4-7-16(9)11-10(13)12(17)15-8-14-11/h8-9H,2-7H2,1H3,(H,14,15,17). The molecular formula is C12H18BrN3O. The monoisotopic (exact) mass is 299 g/mol. The van der Waals surface area contributed by atoms with E-state index >= 15 is 0 Å². The summed E-state index contributed by atoms with van der Waals surface area (Å²) in [5.74, 6) is 0.798. The highest BCUT2D eigenvalue weighted by Crippen LogP contribution is 2.28. The van der Waals surface area contributed by atoms with E-state index in [0.717, 1.165) is 12.4 Å². The molecule has 0 bridgehead atoms. The number of halogens is 1. The van der Waals surface area contributed by atoms with E-state index in [1.165, 1.54) is 38.4 Å². The van der Waals surface area contributed by atoms with E-state index < -0.39 is 0 Å². The van der Waals surface area contributed by atoms with Gasteiger partial charge in [-0.25, -0.2) is 4.98 Å². The maximum Gasteiger partial charge on any atom is 0.267 e. The Hall–Kier alpha value is -0.840. The van der Waals surface area contributed by atoms with Gasteiger partial charge in [0.25, 0.3) is 5.56 Å². The number of aromatic nitrogens is 2. The first-order valence-corrected chi connectivity index (χ1v) is 7.03. The molecule has 1 saturated heterocycles. The van der Waals surface area contributed by atoms with Gasteiger partial charge in [0.15, 0.2) is 5.82 Å². The van der Waals surface area contributed by atoms with Crippen molar-refractivity contribution in [3.05, 3.63) is 21.2 Å². The number of nitrogens with one attached hydrogen (secondary N) is 1. The Kier molecular flexibility index (Phi) is 4.20. The molecule has 1 aliphatic heterocycles. The van der Waals surface area contributed by atoms with E-state index in [2.05, 4.69) is 37.7 Å². The summed E-state index contributed by atoms with van der Waals surface area (Å²) < 4.78 is 0.558. The van der Waals surface area contributed by atoms with Gasteiger partial charge < -0.3 is 9.88 Å². The van der Waals surface area contributed by atoms with E-state index in [4.69, 9.17) is 0 Å². The van der Waals surface area contributed by atoms with Crippen molar-refractivity contribution in [2.45, 2.75) is 45.1 Å². The van der Waals surface area contributed by atoms with Crippen LogP contribution in [-0.4, -0.2) is 22.6 Å². The van der Waals surface area contributed by atoms with Crippen molar-refractivity contribution in [3.63, 3.8) is 0 Å². The number of hydrogen-bond acceptors (Lipinski definition) is 3. The van der Waals surface area contributed by atoms with E-state index in [0.29, 0.717) is 10.5 Å². The predicted molar refractivity (Wildman–Crippen MR) is 72.5 cm³/mol. The van der Waals surface area contributed by atoms with E-state index in [9.17, 15) is 4.79 Å². The first-order chi connectivity index (χ1) is 8.24. The average Bonchev–Trinajstić information content (AvgIpc) is 2.34. The molecule has 1 aromatic heterocycles. The van der Waals surface area contributed by atoms with Crippen LogP contribution in [0.3, 0.4) is 0 Å². The lowest BCUT2D eigenvalue weighted by Crippen LogP contribution is -2.41. The van der Waals surface area contributed by atoms with Crippen LogP contribution in [0.1, 0.15) is 39.0 Å². The quantitative estimate of drug-likeness (QED) is 0.933. The van der Waals surface area contributed by atoms with Gasteiger partial charge in [-0.15, -0.1) is 0 Å². The highest BCUT2D eigenvalue weighted by molar-refractivity contribution is 9.10. The van der Waals surface area contributed by atoms with Crippen LogP contribution < -0.4 is 10.5 Å². The van der Waals surface area contributed by atoms with Crippen molar-refractivity contribution >= 4 is 21.7 Å². The number of H-pyrrole nitrogens is 1. The lowest BCUT2D eigenvalue weighted by molar-refractivity contribution is 0.431. The van der Waals surface area contributed by atoms with E-state index in [1.54, 1.807) is 0 Å². The minimum Gasteiger partial charge on any atom is -0.352 e. The fourth-order valence-electron chi connectivity index (χ4n) is 2.49. The Bertz CT molecular complexity index is 430. The molecular weight excluding hydrogens is 282 g/mol. The number of hydrogen-bond donors (Lipinski definition) is 1. The average molecular weight is 300 g/mol. The second-order valence-electron chi connectivity index (χ2n) is 4.50. The molecule has 2 heterocycles. The van der Waals surface area contributed by atoms with Crippen LogP contribution in [0.2, 0.25) is 0 Å². The Balaban J connectivity index is 2.29. The van der Waals surface area contributed by atoms with Crippen LogP contribution in [0.4, 0.5) is 5.82 Å². The van der Waals surface area contributed by atoms with Crippen molar-refractivity contribution in [1.82, 2.24) is 9.97 Å². The van der Waals surface area contributed by atoms with Crippen molar-refractivity contribution < 1.29 is 0 Å². The Morgan fingerprint density at radius 3 is 3.18 bits per heavy atom. The summed E-state index contributed by atoms with van der Waals surface area (Å²) in [7, 11) is 0. The molecule has 0 aromatic carbocycles. The third-order valence-electron chi connectivity index (χ3n) is 3.30. The van der Waals surface area contributed by atoms with Gasteiger partial charge in [-0.3, -0.25) is 4.79 Å². The molecule has 94 valence electrons. The largest absolute Gasteiger partial charge is 0.352 e. The smallest absolute Gasteiger partial charge is 0.267 e. The number of rotatable bonds is 3. The fraction of sp³-hybridized carbons (Fsp3) is 0.667. The summed E-state index contributed by atoms with van der Waals surface area (Å²) in [4.78, 5) is 20.8. The highest BCUT2D eigenvalue weighted by Gasteiger charge is 2.25. The zero-order valence-corrected chi connectivity index (χ0v) is 11.7. The molecule has 1 fully saturated rings. The van der Waals surface area contributed by atoms with Crippen LogP contribution in [0.15, 0.2) is 15.6 Å². The second kappa shape index (κ2) is 5.67. The molecule has 2 rings (SSSR count). The Labute approximate surface area is 110 Å². The molecule has 1 N–H and O–H groups in total. The van der Waals surface area contributed by atoms with Crippen molar-refractivity contribution in [1.29, 1.82) is 0 Å². The minimum atomic E-state index is -0.101. The molecule has 17 heavy (non-hydrogen) atoms. The summed E-state index contributed by atoms with van der Waals surface area (Å²) in [6.45, 7) is 3.20. The summed E-state index contributed by atoms with van der Waals surface area (Å²) in [6.07, 6.45) is 7.49. The van der Waals surface area contributed by atoms with Gasteiger partial charge in [0.1, 0.15) is 4.47 Å². The summed E-state index contributed by atoms with van der Waals surface area (Å²) in [5, 5.41) is 0. The van der Waals surface area contributed by atoms with Crippen molar-refractivity contribution in [2.24, 2.45) is 0 Å². The highest BCUT2D eigenvalue weighted by atomic mass is 79.9. The molecule has 0 spiro atoms. The topological polar surface area (TPSA) is 49.0 Å². The molecule has 0 saturated carbocycles. The number of anilines is 1. The number of piperidine rings is 1. The minimum absolute atomic E-state index is 0.101. The van der Waals surface area contributed by atoms with Gasteiger partial charge >= 0.3 is 0 Å². The lowest BCUT2D eigenvalue weighted by atomic mass is 9.98. The molecule has 1 aliphatic rings. The number of aromatic amines is 1. The predicted octanol–water partition coefficient (Wildman–Crippen LogP) is 2.69. The van der Waals surface area contributed by atoms with Gasteiger partial charge in [-0.2, -0.15) is 0 Å². The van der Waals surface area contributed by atoms with Crippen LogP contribution in [0.5, 0.6) is 0 Å². The third kappa shape index (κ3) is 2.70. The fourth-order valence-corrected chi connectivity index (χ4v) is 2.93. The van der Waals surface area contributed by atoms with Crippen LogP contribution >= 0.6 is 15.9 Å². The third-order valence-corrected chi connectivity index (χ3v) is 4.01. The van der Waals surface area contributed by atoms with Crippen molar-refractivity contribution in [3.8, 4) is 0 Å². The Morgan fingerprint density at radius 2 is 2.41 bits per heavy atom. The van der Waals surface area contributed by atoms with Gasteiger partial charge in [-0.1, -0.05) is 13.3 Å². The molecule has 0 radical (unpaired) electrons. The lowest BCUT2D eigenvalue weighted by Gasteiger charge is -2.36. The summed E-state index contributed by atoms with van der Waals surface area (Å²) in [5.41, 5.74) is -0.101. The zero-order chi connectivity index (χ0) is 12.3. The van der Waals surface area contributed by atoms with Gasteiger partial charge in [0.2, 0.25) is 0 Å². The molecule has 0 aliphatic carbocycles. The van der Waals surface area contributed by atoms with Gasteiger partial charge in [0.05, 0.1) is 6.33 Å². The molecule has 1 atom stereocenters. The first-order valence-electron chi connectivity index (χ1n) is 6.24. The Morgan fingerprint density at radius 1 is 1.59 bits per heavy atom. The number of nitrogens with zero attached hydrogens (tertiary/aromatic N) is 2. The molecule has 4 nitrogen and oxygen atoms in total. The molecule has 0 amide bonds. The maximum atomic E-state index is 11.6. The first kappa shape index (κ1) is 12.6. The second-order valence-corrected chi connectivity index (χ2v) is 5.29. The van der Waals surface area contributed by atoms with Gasteiger partial charge in [0, 0.05) is 12.6 Å². The van der Waals surface area contributed by atoms with Crippen LogP contribution in [-0.2, 0) is 0 Å². The molecule has 1 unspecified atom stereocenters. The van der Waals surface area contributed by atoms with E-state index in [1.807, 2.05) is 0 Å². The zero-order valence-electron chi connectivity index (χ0n) is 10.1. The summed E-state index contributed by atoms with van der Waals surface area (Å²) in [6, 6.07) is 0.527. The maximum absolute atomic E-state index is 11.6. The van der Waals surface area contributed by atoms with Crippen molar-refractivity contribution in [2.75, 3.05) is 11.4 Å². The normalized spacial score (nSPS) is 20.6. The SMILES string of the molecule is CCCC1CCCCN1c1nc[nH]c(=O)c1Br. The van der Waals surface area contributed by atoms with Crippen LogP contribution in [0, 0.1) is 0 Å². The molecule has 5 heteroatoms. The van der Waals surface area contributed by atoms with Gasteiger partial charge in [-0.05, 0) is 41.6 Å². The summed E-state index contributed by atoms with van der Waals surface area (Å²) >= 11 is 3.35. The van der Waals surface area contributed by atoms with E-state index in [-0.39, 0.29) is 5.56 Å². The molecule has 1 aromatic rings. The van der Waals surface area contributed by atoms with Crippen LogP contribution in [0.25, 0.3) is 0 Å².